The maximum atomic E-state index is 14.5. The van der Waals surface area contributed by atoms with Crippen molar-refractivity contribution in [2.75, 3.05) is 37.6 Å². The van der Waals surface area contributed by atoms with Crippen LogP contribution in [0.2, 0.25) is 0 Å². The molecule has 0 aliphatic carbocycles. The number of nitro benzene ring substituents is 1. The van der Waals surface area contributed by atoms with Gasteiger partial charge in [0, 0.05) is 44.8 Å². The Labute approximate surface area is 193 Å². The highest BCUT2D eigenvalue weighted by atomic mass is 19.1. The molecule has 0 spiro atoms. The number of piperidine rings is 1. The molecule has 3 rings (SSSR count). The smallest absolute Gasteiger partial charge is 0.410 e. The van der Waals surface area contributed by atoms with E-state index in [2.05, 4.69) is 4.90 Å². The van der Waals surface area contributed by atoms with Crippen molar-refractivity contribution in [3.05, 3.63) is 33.9 Å². The minimum absolute atomic E-state index is 0.0478. The lowest BCUT2D eigenvalue weighted by Gasteiger charge is -2.47. The minimum Gasteiger partial charge on any atom is -0.444 e. The van der Waals surface area contributed by atoms with E-state index in [4.69, 9.17) is 4.74 Å². The summed E-state index contributed by atoms with van der Waals surface area (Å²) in [6.07, 6.45) is 1.48. The molecule has 184 valence electrons. The first kappa shape index (κ1) is 25.1. The third-order valence-electron chi connectivity index (χ3n) is 6.37. The molecule has 1 amide bonds. The van der Waals surface area contributed by atoms with Crippen LogP contribution in [0.1, 0.15) is 47.5 Å². The topological polar surface area (TPSA) is 79.2 Å². The number of hydrogen-bond acceptors (Lipinski definition) is 6. The molecule has 2 atom stereocenters. The van der Waals surface area contributed by atoms with Crippen molar-refractivity contribution in [1.29, 1.82) is 0 Å². The molecule has 2 fully saturated rings. The van der Waals surface area contributed by atoms with E-state index in [0.717, 1.165) is 31.5 Å². The Bertz CT molecular complexity index is 849. The number of carbonyl (C=O) groups excluding carboxylic acids is 1. The minimum atomic E-state index is -0.913. The Hall–Kier alpha value is -2.49. The fraction of sp³-hybridized carbons (Fsp3) is 0.696. The molecule has 0 saturated carbocycles. The highest BCUT2D eigenvalue weighted by molar-refractivity contribution is 5.68. The van der Waals surface area contributed by atoms with E-state index in [1.54, 1.807) is 9.80 Å². The number of carbonyl (C=O) groups is 1. The summed E-state index contributed by atoms with van der Waals surface area (Å²) in [5.74, 6) is -1.40. The molecule has 8 nitrogen and oxygen atoms in total. The van der Waals surface area contributed by atoms with Crippen molar-refractivity contribution >= 4 is 17.5 Å². The van der Waals surface area contributed by atoms with Crippen LogP contribution in [-0.2, 0) is 4.74 Å². The first-order valence-corrected chi connectivity index (χ1v) is 11.5. The van der Waals surface area contributed by atoms with Gasteiger partial charge in [0.2, 0.25) is 0 Å². The van der Waals surface area contributed by atoms with Crippen molar-refractivity contribution < 1.29 is 23.2 Å². The van der Waals surface area contributed by atoms with E-state index in [1.807, 2.05) is 34.6 Å². The van der Waals surface area contributed by atoms with E-state index in [9.17, 15) is 23.7 Å². The van der Waals surface area contributed by atoms with Gasteiger partial charge in [-0.05, 0) is 53.4 Å². The van der Waals surface area contributed by atoms with Crippen LogP contribution in [0.3, 0.4) is 0 Å². The van der Waals surface area contributed by atoms with E-state index < -0.39 is 27.8 Å². The number of hydrogen-bond donors (Lipinski definition) is 0. The van der Waals surface area contributed by atoms with Gasteiger partial charge in [-0.1, -0.05) is 0 Å². The number of halogens is 2. The molecule has 0 bridgehead atoms. The quantitative estimate of drug-likeness (QED) is 0.481. The van der Waals surface area contributed by atoms with Gasteiger partial charge in [-0.2, -0.15) is 0 Å². The van der Waals surface area contributed by atoms with Crippen molar-refractivity contribution in [3.63, 3.8) is 0 Å². The fourth-order valence-electron chi connectivity index (χ4n) is 4.78. The van der Waals surface area contributed by atoms with Crippen LogP contribution in [0.4, 0.5) is 25.0 Å². The van der Waals surface area contributed by atoms with Crippen LogP contribution in [0.5, 0.6) is 0 Å². The Morgan fingerprint density at radius 1 is 1.12 bits per heavy atom. The first-order valence-electron chi connectivity index (χ1n) is 11.5. The number of anilines is 1. The van der Waals surface area contributed by atoms with Crippen LogP contribution in [0.25, 0.3) is 0 Å². The number of benzene rings is 1. The third-order valence-corrected chi connectivity index (χ3v) is 6.37. The summed E-state index contributed by atoms with van der Waals surface area (Å²) in [6.45, 7) is 12.6. The summed E-state index contributed by atoms with van der Waals surface area (Å²) in [5, 5.41) is 10.9. The molecule has 2 aliphatic heterocycles. The van der Waals surface area contributed by atoms with Gasteiger partial charge in [0.25, 0.3) is 5.69 Å². The van der Waals surface area contributed by atoms with Crippen LogP contribution in [0.15, 0.2) is 12.1 Å². The number of amides is 1. The second-order valence-corrected chi connectivity index (χ2v) is 10.2. The van der Waals surface area contributed by atoms with Gasteiger partial charge in [0.1, 0.15) is 11.3 Å². The van der Waals surface area contributed by atoms with Crippen molar-refractivity contribution in [3.8, 4) is 0 Å². The SMILES string of the molecule is C[C@H]1CN(c2c(F)cc([N+](=O)[O-])cc2F)C[C@H](C)N1CC1CCN(C(=O)OC(C)(C)C)CC1. The Balaban J connectivity index is 1.59. The number of rotatable bonds is 4. The standard InChI is InChI=1S/C23H34F2N4O4/c1-15-12-27(21-19(24)10-18(29(31)32)11-20(21)25)13-16(2)28(15)14-17-6-8-26(9-7-17)22(30)33-23(3,4)5/h10-11,15-17H,6-9,12-14H2,1-5H3/t15-,16-/m0/s1. The van der Waals surface area contributed by atoms with E-state index in [0.29, 0.717) is 32.1 Å². The Kier molecular flexibility index (Phi) is 7.45. The van der Waals surface area contributed by atoms with Crippen molar-refractivity contribution in [2.45, 2.75) is 65.1 Å². The second-order valence-electron chi connectivity index (χ2n) is 10.2. The molecular weight excluding hydrogens is 434 g/mol. The first-order chi connectivity index (χ1) is 15.4. The fourth-order valence-corrected chi connectivity index (χ4v) is 4.78. The molecule has 2 aliphatic rings. The molecule has 1 aromatic carbocycles. The zero-order valence-corrected chi connectivity index (χ0v) is 20.0. The second kappa shape index (κ2) is 9.79. The lowest BCUT2D eigenvalue weighted by atomic mass is 9.94. The zero-order valence-electron chi connectivity index (χ0n) is 20.0. The third kappa shape index (κ3) is 6.10. The van der Waals surface area contributed by atoms with Gasteiger partial charge in [0.15, 0.2) is 11.6 Å². The van der Waals surface area contributed by atoms with Crippen LogP contribution >= 0.6 is 0 Å². The van der Waals surface area contributed by atoms with Gasteiger partial charge >= 0.3 is 6.09 Å². The lowest BCUT2D eigenvalue weighted by Crippen LogP contribution is -2.58. The predicted molar refractivity (Wildman–Crippen MR) is 121 cm³/mol. The van der Waals surface area contributed by atoms with Crippen LogP contribution < -0.4 is 4.90 Å². The van der Waals surface area contributed by atoms with Crippen LogP contribution in [-0.4, -0.2) is 71.2 Å². The maximum absolute atomic E-state index is 14.5. The highest BCUT2D eigenvalue weighted by Crippen LogP contribution is 2.32. The van der Waals surface area contributed by atoms with Gasteiger partial charge in [0.05, 0.1) is 17.1 Å². The van der Waals surface area contributed by atoms with Crippen LogP contribution in [0, 0.1) is 27.7 Å². The predicted octanol–water partition coefficient (Wildman–Crippen LogP) is 4.42. The number of nitro groups is 1. The number of non-ortho nitro benzene ring substituents is 1. The van der Waals surface area contributed by atoms with Crippen molar-refractivity contribution in [1.82, 2.24) is 9.80 Å². The monoisotopic (exact) mass is 468 g/mol. The molecule has 1 aromatic rings. The summed E-state index contributed by atoms with van der Waals surface area (Å²) >= 11 is 0. The van der Waals surface area contributed by atoms with Gasteiger partial charge in [-0.15, -0.1) is 0 Å². The molecule has 0 N–H and O–H groups in total. The Morgan fingerprint density at radius 3 is 2.09 bits per heavy atom. The maximum Gasteiger partial charge on any atom is 0.410 e. The normalized spacial score (nSPS) is 23.0. The summed E-state index contributed by atoms with van der Waals surface area (Å²) in [6, 6.07) is 1.65. The summed E-state index contributed by atoms with van der Waals surface area (Å²) < 4.78 is 34.5. The number of piperazine rings is 1. The molecule has 33 heavy (non-hydrogen) atoms. The number of nitrogens with zero attached hydrogens (tertiary/aromatic N) is 4. The molecule has 0 radical (unpaired) electrons. The number of ether oxygens (including phenoxy) is 1. The molecular formula is C23H34F2N4O4. The van der Waals surface area contributed by atoms with Gasteiger partial charge in [-0.3, -0.25) is 15.0 Å². The van der Waals surface area contributed by atoms with Gasteiger partial charge < -0.3 is 14.5 Å². The average molecular weight is 469 g/mol. The average Bonchev–Trinajstić information content (AvgIpc) is 2.69. The van der Waals surface area contributed by atoms with E-state index >= 15 is 0 Å². The molecule has 0 aromatic heterocycles. The highest BCUT2D eigenvalue weighted by Gasteiger charge is 2.35. The Morgan fingerprint density at radius 2 is 1.64 bits per heavy atom. The zero-order chi connectivity index (χ0) is 24.5. The summed E-state index contributed by atoms with van der Waals surface area (Å²) in [4.78, 5) is 28.1. The molecule has 0 unspecified atom stereocenters. The molecule has 10 heteroatoms. The van der Waals surface area contributed by atoms with E-state index in [-0.39, 0.29) is 23.9 Å². The van der Waals surface area contributed by atoms with E-state index in [1.165, 1.54) is 0 Å². The van der Waals surface area contributed by atoms with Crippen molar-refractivity contribution in [2.24, 2.45) is 5.92 Å². The largest absolute Gasteiger partial charge is 0.444 e. The lowest BCUT2D eigenvalue weighted by molar-refractivity contribution is -0.385. The molecule has 2 saturated heterocycles. The summed E-state index contributed by atoms with van der Waals surface area (Å²) in [7, 11) is 0. The number of likely N-dealkylation sites (tertiary alicyclic amines) is 1. The van der Waals surface area contributed by atoms with Gasteiger partial charge in [-0.25, -0.2) is 13.6 Å². The molecule has 2 heterocycles. The summed E-state index contributed by atoms with van der Waals surface area (Å²) in [5.41, 5.74) is -1.31.